The second-order valence-corrected chi connectivity index (χ2v) is 7.04. The average Bonchev–Trinajstić information content (AvgIpc) is 2.66. The van der Waals surface area contributed by atoms with E-state index in [0.717, 1.165) is 6.07 Å². The van der Waals surface area contributed by atoms with Crippen LogP contribution in [-0.4, -0.2) is 11.2 Å². The summed E-state index contributed by atoms with van der Waals surface area (Å²) < 4.78 is 41.6. The molecule has 0 radical (unpaired) electrons. The lowest BCUT2D eigenvalue weighted by atomic mass is 10.0. The monoisotopic (exact) mass is 398 g/mol. The minimum Gasteiger partial charge on any atom is -0.493 e. The number of fused-ring (bicyclic) bond motifs is 4. The normalized spacial score (nSPS) is 13.6. The molecule has 0 fully saturated rings. The molecule has 150 valence electrons. The summed E-state index contributed by atoms with van der Waals surface area (Å²) in [5.41, 5.74) is 7.83. The van der Waals surface area contributed by atoms with Gasteiger partial charge in [0.05, 0.1) is 6.61 Å². The number of ether oxygens (including phenoxy) is 2. The Kier molecular flexibility index (Phi) is 4.96. The molecule has 0 saturated carbocycles. The van der Waals surface area contributed by atoms with E-state index in [1.807, 2.05) is 0 Å². The number of rotatable bonds is 0. The number of pyridine rings is 1. The second kappa shape index (κ2) is 7.58. The first-order valence-electron chi connectivity index (χ1n) is 9.31. The standard InChI is InChI=1S/C22H20F2N2O3/c1-26-12-17-16-10-15(25)5-6-19(16)29-22-13(8-14(23)9-18(22)24)4-2-3-7-28-20(17)11-21(26)27/h5-6,8-12H,2-4,7,25H2,1H3. The van der Waals surface area contributed by atoms with Crippen molar-refractivity contribution in [2.24, 2.45) is 7.05 Å². The van der Waals surface area contributed by atoms with Crippen LogP contribution in [0.25, 0.3) is 11.1 Å². The predicted octanol–water partition coefficient (Wildman–Crippen LogP) is 4.42. The molecular formula is C22H20F2N2O3. The largest absolute Gasteiger partial charge is 0.493 e. The number of anilines is 1. The van der Waals surface area contributed by atoms with Gasteiger partial charge in [0.2, 0.25) is 0 Å². The molecule has 0 unspecified atom stereocenters. The maximum absolute atomic E-state index is 14.6. The third-order valence-electron chi connectivity index (χ3n) is 4.88. The first kappa shape index (κ1) is 19.0. The summed E-state index contributed by atoms with van der Waals surface area (Å²) in [7, 11) is 1.63. The van der Waals surface area contributed by atoms with Crippen molar-refractivity contribution in [3.8, 4) is 28.4 Å². The van der Waals surface area contributed by atoms with Crippen LogP contribution >= 0.6 is 0 Å². The quantitative estimate of drug-likeness (QED) is 0.570. The lowest BCUT2D eigenvalue weighted by Gasteiger charge is -2.19. The maximum atomic E-state index is 14.6. The van der Waals surface area contributed by atoms with Crippen molar-refractivity contribution >= 4 is 5.69 Å². The molecule has 0 aliphatic carbocycles. The van der Waals surface area contributed by atoms with Crippen LogP contribution < -0.4 is 20.8 Å². The van der Waals surface area contributed by atoms with Gasteiger partial charge in [-0.05, 0) is 43.5 Å². The number of hydrogen-bond donors (Lipinski definition) is 1. The van der Waals surface area contributed by atoms with Crippen LogP contribution in [0.1, 0.15) is 18.4 Å². The van der Waals surface area contributed by atoms with Crippen molar-refractivity contribution in [2.45, 2.75) is 19.3 Å². The van der Waals surface area contributed by atoms with E-state index in [4.69, 9.17) is 15.2 Å². The van der Waals surface area contributed by atoms with Crippen molar-refractivity contribution < 1.29 is 18.3 Å². The minimum atomic E-state index is -0.767. The van der Waals surface area contributed by atoms with Crippen LogP contribution in [-0.2, 0) is 13.5 Å². The summed E-state index contributed by atoms with van der Waals surface area (Å²) in [5.74, 6) is -0.688. The Balaban J connectivity index is 1.95. The highest BCUT2D eigenvalue weighted by molar-refractivity contribution is 5.78. The van der Waals surface area contributed by atoms with E-state index in [1.165, 1.54) is 16.7 Å². The van der Waals surface area contributed by atoms with E-state index >= 15 is 0 Å². The summed E-state index contributed by atoms with van der Waals surface area (Å²) in [6.45, 7) is 0.367. The van der Waals surface area contributed by atoms with Crippen LogP contribution in [0.2, 0.25) is 0 Å². The molecule has 29 heavy (non-hydrogen) atoms. The lowest BCUT2D eigenvalue weighted by molar-refractivity contribution is 0.306. The molecular weight excluding hydrogens is 378 g/mol. The summed E-state index contributed by atoms with van der Waals surface area (Å²) in [4.78, 5) is 12.1. The molecule has 5 nitrogen and oxygen atoms in total. The Bertz CT molecular complexity index is 1140. The summed E-state index contributed by atoms with van der Waals surface area (Å²) in [5, 5.41) is 0. The van der Waals surface area contributed by atoms with Gasteiger partial charge in [-0.1, -0.05) is 0 Å². The summed E-state index contributed by atoms with van der Waals surface area (Å²) in [6, 6.07) is 8.45. The van der Waals surface area contributed by atoms with E-state index in [1.54, 1.807) is 31.4 Å². The van der Waals surface area contributed by atoms with Crippen molar-refractivity contribution in [2.75, 3.05) is 12.3 Å². The Morgan fingerprint density at radius 3 is 2.69 bits per heavy atom. The van der Waals surface area contributed by atoms with Crippen molar-refractivity contribution in [1.82, 2.24) is 4.57 Å². The van der Waals surface area contributed by atoms with Gasteiger partial charge in [0.15, 0.2) is 11.6 Å². The van der Waals surface area contributed by atoms with Crippen molar-refractivity contribution in [3.05, 3.63) is 70.1 Å². The zero-order valence-electron chi connectivity index (χ0n) is 15.9. The van der Waals surface area contributed by atoms with Gasteiger partial charge in [0.1, 0.15) is 17.3 Å². The molecule has 1 aromatic heterocycles. The summed E-state index contributed by atoms with van der Waals surface area (Å²) >= 11 is 0. The van der Waals surface area contributed by atoms with E-state index in [9.17, 15) is 13.6 Å². The highest BCUT2D eigenvalue weighted by atomic mass is 19.1. The molecule has 1 aliphatic heterocycles. The highest BCUT2D eigenvalue weighted by Gasteiger charge is 2.20. The third-order valence-corrected chi connectivity index (χ3v) is 4.88. The van der Waals surface area contributed by atoms with Crippen LogP contribution in [0.5, 0.6) is 17.2 Å². The number of benzene rings is 2. The number of nitrogens with zero attached hydrogens (tertiary/aromatic N) is 1. The molecule has 2 N–H and O–H groups in total. The molecule has 7 heteroatoms. The fourth-order valence-electron chi connectivity index (χ4n) is 3.40. The SMILES string of the molecule is Cn1cc2c(cc1=O)OCCCCc1cc(F)cc(F)c1Oc1ccc(N)cc1-2. The molecule has 0 saturated heterocycles. The van der Waals surface area contributed by atoms with Crippen LogP contribution in [0.15, 0.2) is 47.4 Å². The maximum Gasteiger partial charge on any atom is 0.254 e. The topological polar surface area (TPSA) is 66.5 Å². The van der Waals surface area contributed by atoms with Gasteiger partial charge in [-0.25, -0.2) is 8.78 Å². The molecule has 0 atom stereocenters. The molecule has 0 bridgehead atoms. The number of nitrogens with two attached hydrogens (primary N) is 1. The van der Waals surface area contributed by atoms with Gasteiger partial charge >= 0.3 is 0 Å². The average molecular weight is 398 g/mol. The molecule has 0 amide bonds. The van der Waals surface area contributed by atoms with Crippen LogP contribution in [0, 0.1) is 11.6 Å². The predicted molar refractivity (Wildman–Crippen MR) is 106 cm³/mol. The Morgan fingerprint density at radius 2 is 1.86 bits per heavy atom. The van der Waals surface area contributed by atoms with E-state index in [0.29, 0.717) is 59.7 Å². The molecule has 2 heterocycles. The fraction of sp³-hybridized carbons (Fsp3) is 0.227. The number of hydrogen-bond acceptors (Lipinski definition) is 4. The van der Waals surface area contributed by atoms with Gasteiger partial charge in [-0.2, -0.15) is 0 Å². The van der Waals surface area contributed by atoms with Crippen molar-refractivity contribution in [1.29, 1.82) is 0 Å². The second-order valence-electron chi connectivity index (χ2n) is 7.04. The fourth-order valence-corrected chi connectivity index (χ4v) is 3.40. The number of nitrogen functional groups attached to an aromatic ring is 1. The zero-order valence-corrected chi connectivity index (χ0v) is 15.9. The Hall–Kier alpha value is -3.35. The molecule has 1 aliphatic rings. The van der Waals surface area contributed by atoms with Gasteiger partial charge < -0.3 is 19.8 Å². The zero-order chi connectivity index (χ0) is 20.5. The van der Waals surface area contributed by atoms with Crippen LogP contribution in [0.4, 0.5) is 14.5 Å². The molecule has 0 spiro atoms. The van der Waals surface area contributed by atoms with Gasteiger partial charge in [0.25, 0.3) is 5.56 Å². The van der Waals surface area contributed by atoms with Crippen molar-refractivity contribution in [3.63, 3.8) is 0 Å². The molecule has 2 aromatic carbocycles. The third kappa shape index (κ3) is 3.81. The first-order valence-corrected chi connectivity index (χ1v) is 9.31. The van der Waals surface area contributed by atoms with Gasteiger partial charge in [0, 0.05) is 47.8 Å². The van der Waals surface area contributed by atoms with Gasteiger partial charge in [-0.3, -0.25) is 4.79 Å². The number of halogens is 2. The number of aromatic nitrogens is 1. The van der Waals surface area contributed by atoms with Crippen LogP contribution in [0.3, 0.4) is 0 Å². The number of aryl methyl sites for hydroxylation is 2. The first-order chi connectivity index (χ1) is 13.9. The van der Waals surface area contributed by atoms with E-state index in [-0.39, 0.29) is 11.3 Å². The highest BCUT2D eigenvalue weighted by Crippen LogP contribution is 2.41. The van der Waals surface area contributed by atoms with Gasteiger partial charge in [-0.15, -0.1) is 0 Å². The molecule has 3 aromatic rings. The summed E-state index contributed by atoms with van der Waals surface area (Å²) in [6.07, 6.45) is 3.36. The van der Waals surface area contributed by atoms with E-state index in [2.05, 4.69) is 0 Å². The Labute approximate surface area is 166 Å². The lowest BCUT2D eigenvalue weighted by Crippen LogP contribution is -2.16. The Morgan fingerprint density at radius 1 is 1.03 bits per heavy atom. The van der Waals surface area contributed by atoms with E-state index < -0.39 is 11.6 Å². The molecule has 4 rings (SSSR count). The smallest absolute Gasteiger partial charge is 0.254 e. The minimum absolute atomic E-state index is 0.00900.